The van der Waals surface area contributed by atoms with Crippen LogP contribution in [0.1, 0.15) is 40.2 Å². The Labute approximate surface area is 262 Å². The average molecular weight is 636 g/mol. The standard InChI is InChI=1S/C31H25Cl3N6O3/c1-19(31-25(33)16-35-17-26(31)34)43-23-7-9-28-24(14-23)27(38-39-28)8-2-20-15-37-40(18-20)13-12-36-30(42)11-10-29(41)21-3-5-22(32)6-4-21/h2-11,14-19H,12-13H2,1H3,(H,36,42)(H,38,39)/b8-2+,11-10+/t19-/m1/s1. The second-order valence-corrected chi connectivity index (χ2v) is 10.7. The SMILES string of the molecule is C[C@@H](Oc1ccc2[nH]nc(/C=C/c3cnn(CCNC(=O)/C=C/C(=O)c4ccc(Cl)cc4)c3)c2c1)c1c(Cl)cncc1Cl. The highest BCUT2D eigenvalue weighted by molar-refractivity contribution is 6.35. The number of hydrogen-bond donors (Lipinski definition) is 2. The van der Waals surface area contributed by atoms with Gasteiger partial charge in [0.1, 0.15) is 11.9 Å². The molecule has 5 aromatic rings. The lowest BCUT2D eigenvalue weighted by molar-refractivity contribution is -0.116. The van der Waals surface area contributed by atoms with Gasteiger partial charge in [0.25, 0.3) is 0 Å². The first-order valence-corrected chi connectivity index (χ1v) is 14.3. The fourth-order valence-corrected chi connectivity index (χ4v) is 5.06. The minimum atomic E-state index is -0.394. The molecule has 0 aliphatic rings. The minimum absolute atomic E-state index is 0.280. The highest BCUT2D eigenvalue weighted by atomic mass is 35.5. The van der Waals surface area contributed by atoms with Crippen LogP contribution in [0.15, 0.2) is 79.4 Å². The number of carbonyl (C=O) groups is 2. The van der Waals surface area contributed by atoms with Crippen molar-refractivity contribution < 1.29 is 14.3 Å². The third-order valence-corrected chi connectivity index (χ3v) is 7.27. The maximum Gasteiger partial charge on any atom is 0.244 e. The van der Waals surface area contributed by atoms with Crippen LogP contribution in [-0.4, -0.2) is 43.2 Å². The van der Waals surface area contributed by atoms with Gasteiger partial charge in [-0.05, 0) is 67.6 Å². The summed E-state index contributed by atoms with van der Waals surface area (Å²) in [5.74, 6) is -0.0122. The summed E-state index contributed by atoms with van der Waals surface area (Å²) in [4.78, 5) is 28.3. The number of nitrogens with one attached hydrogen (secondary N) is 2. The number of fused-ring (bicyclic) bond motifs is 1. The van der Waals surface area contributed by atoms with E-state index in [4.69, 9.17) is 39.5 Å². The van der Waals surface area contributed by atoms with Gasteiger partial charge >= 0.3 is 0 Å². The van der Waals surface area contributed by atoms with Gasteiger partial charge < -0.3 is 10.1 Å². The molecule has 0 fully saturated rings. The van der Waals surface area contributed by atoms with Crippen LogP contribution in [0.4, 0.5) is 0 Å². The fraction of sp³-hybridized carbons (Fsp3) is 0.129. The number of ketones is 1. The number of aromatic nitrogens is 5. The summed E-state index contributed by atoms with van der Waals surface area (Å²) in [5, 5.41) is 16.8. The molecule has 0 aliphatic carbocycles. The number of pyridine rings is 1. The number of hydrogen-bond acceptors (Lipinski definition) is 6. The Hall–Kier alpha value is -4.44. The molecule has 0 saturated carbocycles. The molecule has 2 N–H and O–H groups in total. The van der Waals surface area contributed by atoms with E-state index in [9.17, 15) is 9.59 Å². The molecule has 0 spiro atoms. The van der Waals surface area contributed by atoms with Crippen molar-refractivity contribution in [2.75, 3.05) is 6.54 Å². The molecule has 0 saturated heterocycles. The summed E-state index contributed by atoms with van der Waals surface area (Å²) in [7, 11) is 0. The largest absolute Gasteiger partial charge is 0.486 e. The Kier molecular flexibility index (Phi) is 9.56. The molecule has 0 aliphatic heterocycles. The predicted molar refractivity (Wildman–Crippen MR) is 168 cm³/mol. The molecule has 2 aromatic carbocycles. The van der Waals surface area contributed by atoms with Gasteiger partial charge in [-0.25, -0.2) is 0 Å². The van der Waals surface area contributed by atoms with Crippen LogP contribution in [-0.2, 0) is 11.3 Å². The van der Waals surface area contributed by atoms with Crippen molar-refractivity contribution in [2.45, 2.75) is 19.6 Å². The minimum Gasteiger partial charge on any atom is -0.486 e. The Morgan fingerprint density at radius 2 is 1.79 bits per heavy atom. The summed E-state index contributed by atoms with van der Waals surface area (Å²) in [6.07, 6.45) is 12.5. The Morgan fingerprint density at radius 3 is 2.56 bits per heavy atom. The molecular formula is C31H25Cl3N6O3. The van der Waals surface area contributed by atoms with Crippen LogP contribution in [0.3, 0.4) is 0 Å². The molecule has 3 heterocycles. The highest BCUT2D eigenvalue weighted by Gasteiger charge is 2.16. The molecule has 5 rings (SSSR count). The summed E-state index contributed by atoms with van der Waals surface area (Å²) >= 11 is 18.4. The molecular weight excluding hydrogens is 611 g/mol. The van der Waals surface area contributed by atoms with Crippen molar-refractivity contribution >= 4 is 69.5 Å². The molecule has 1 amide bonds. The lowest BCUT2D eigenvalue weighted by Gasteiger charge is -2.17. The van der Waals surface area contributed by atoms with Crippen molar-refractivity contribution in [1.82, 2.24) is 30.3 Å². The van der Waals surface area contributed by atoms with E-state index in [1.807, 2.05) is 43.5 Å². The third kappa shape index (κ3) is 7.70. The first kappa shape index (κ1) is 30.0. The summed E-state index contributed by atoms with van der Waals surface area (Å²) in [5.41, 5.74) is 3.57. The van der Waals surface area contributed by atoms with Gasteiger partial charge in [0, 0.05) is 58.3 Å². The second kappa shape index (κ2) is 13.7. The molecule has 1 atom stereocenters. The van der Waals surface area contributed by atoms with Gasteiger partial charge in [-0.15, -0.1) is 0 Å². The van der Waals surface area contributed by atoms with Gasteiger partial charge in [0.05, 0.1) is 34.0 Å². The lowest BCUT2D eigenvalue weighted by Crippen LogP contribution is -2.25. The average Bonchev–Trinajstić information content (AvgIpc) is 3.61. The highest BCUT2D eigenvalue weighted by Crippen LogP contribution is 2.33. The van der Waals surface area contributed by atoms with E-state index in [-0.39, 0.29) is 11.7 Å². The number of aromatic amines is 1. The van der Waals surface area contributed by atoms with Crippen molar-refractivity contribution in [2.24, 2.45) is 0 Å². The van der Waals surface area contributed by atoms with Crippen LogP contribution in [0.2, 0.25) is 15.1 Å². The zero-order valence-corrected chi connectivity index (χ0v) is 25.1. The predicted octanol–water partition coefficient (Wildman–Crippen LogP) is 6.98. The van der Waals surface area contributed by atoms with Crippen LogP contribution in [0.25, 0.3) is 23.1 Å². The van der Waals surface area contributed by atoms with E-state index in [1.54, 1.807) is 35.1 Å². The first-order chi connectivity index (χ1) is 20.8. The van der Waals surface area contributed by atoms with Crippen molar-refractivity contribution in [3.63, 3.8) is 0 Å². The van der Waals surface area contributed by atoms with Gasteiger partial charge in [-0.2, -0.15) is 10.2 Å². The number of H-pyrrole nitrogens is 1. The monoisotopic (exact) mass is 634 g/mol. The molecule has 0 bridgehead atoms. The zero-order chi connectivity index (χ0) is 30.3. The van der Waals surface area contributed by atoms with Crippen LogP contribution < -0.4 is 10.1 Å². The van der Waals surface area contributed by atoms with E-state index in [2.05, 4.69) is 25.6 Å². The Morgan fingerprint density at radius 1 is 1.02 bits per heavy atom. The van der Waals surface area contributed by atoms with Crippen LogP contribution >= 0.6 is 34.8 Å². The number of halogens is 3. The lowest BCUT2D eigenvalue weighted by atomic mass is 10.1. The third-order valence-electron chi connectivity index (χ3n) is 6.42. The number of rotatable bonds is 11. The number of carbonyl (C=O) groups excluding carboxylic acids is 2. The number of benzene rings is 2. The van der Waals surface area contributed by atoms with E-state index in [0.29, 0.717) is 45.0 Å². The summed E-state index contributed by atoms with van der Waals surface area (Å²) in [6, 6.07) is 12.1. The van der Waals surface area contributed by atoms with E-state index < -0.39 is 6.10 Å². The van der Waals surface area contributed by atoms with Crippen molar-refractivity contribution in [1.29, 1.82) is 0 Å². The molecule has 0 radical (unpaired) electrons. The quantitative estimate of drug-likeness (QED) is 0.120. The van der Waals surface area contributed by atoms with E-state index >= 15 is 0 Å². The number of nitrogens with zero attached hydrogens (tertiary/aromatic N) is 4. The van der Waals surface area contributed by atoms with Gasteiger partial charge in [0.2, 0.25) is 5.91 Å². The topological polar surface area (TPSA) is 115 Å². The first-order valence-electron chi connectivity index (χ1n) is 13.2. The molecule has 218 valence electrons. The molecule has 3 aromatic heterocycles. The van der Waals surface area contributed by atoms with Gasteiger partial charge in [-0.1, -0.05) is 34.8 Å². The van der Waals surface area contributed by atoms with Gasteiger partial charge in [-0.3, -0.25) is 24.4 Å². The summed E-state index contributed by atoms with van der Waals surface area (Å²) in [6.45, 7) is 2.66. The molecule has 43 heavy (non-hydrogen) atoms. The smallest absolute Gasteiger partial charge is 0.244 e. The normalized spacial score (nSPS) is 12.3. The van der Waals surface area contributed by atoms with Crippen molar-refractivity contribution in [3.8, 4) is 5.75 Å². The second-order valence-electron chi connectivity index (χ2n) is 9.46. The maximum absolute atomic E-state index is 12.2. The Bertz CT molecular complexity index is 1810. The zero-order valence-electron chi connectivity index (χ0n) is 22.8. The summed E-state index contributed by atoms with van der Waals surface area (Å²) < 4.78 is 7.85. The molecule has 9 nitrogen and oxygen atoms in total. The number of amides is 1. The van der Waals surface area contributed by atoms with Crippen LogP contribution in [0.5, 0.6) is 5.75 Å². The fourth-order valence-electron chi connectivity index (χ4n) is 4.26. The van der Waals surface area contributed by atoms with Gasteiger partial charge in [0.15, 0.2) is 5.78 Å². The van der Waals surface area contributed by atoms with Crippen molar-refractivity contribution in [3.05, 3.63) is 117 Å². The Balaban J connectivity index is 1.16. The number of allylic oxidation sites excluding steroid dienone is 1. The van der Waals surface area contributed by atoms with E-state index in [0.717, 1.165) is 22.2 Å². The molecule has 0 unspecified atom stereocenters. The molecule has 12 heteroatoms. The van der Waals surface area contributed by atoms with Crippen LogP contribution in [0, 0.1) is 0 Å². The number of ether oxygens (including phenoxy) is 1. The maximum atomic E-state index is 12.2. The van der Waals surface area contributed by atoms with E-state index in [1.165, 1.54) is 24.5 Å².